The van der Waals surface area contributed by atoms with Gasteiger partial charge in [-0.1, -0.05) is 0 Å². The number of aromatic nitrogens is 2. The molecule has 0 aliphatic carbocycles. The summed E-state index contributed by atoms with van der Waals surface area (Å²) in [5.74, 6) is 2.68. The van der Waals surface area contributed by atoms with Gasteiger partial charge in [-0.25, -0.2) is 4.98 Å². The van der Waals surface area contributed by atoms with Crippen molar-refractivity contribution in [1.82, 2.24) is 19.8 Å². The summed E-state index contributed by atoms with van der Waals surface area (Å²) in [6.07, 6.45) is 7.32. The summed E-state index contributed by atoms with van der Waals surface area (Å²) in [4.78, 5) is 11.0. The molecular weight excluding hydrogens is 445 g/mol. The molecular formula is C18H34IN5O2. The zero-order chi connectivity index (χ0) is 17.9. The predicted octanol–water partition coefficient (Wildman–Crippen LogP) is 2.15. The molecule has 1 aliphatic heterocycles. The quantitative estimate of drug-likeness (QED) is 0.241. The van der Waals surface area contributed by atoms with Gasteiger partial charge in [0.1, 0.15) is 5.82 Å². The van der Waals surface area contributed by atoms with Crippen LogP contribution in [0.1, 0.15) is 25.1 Å². The second-order valence-corrected chi connectivity index (χ2v) is 6.52. The van der Waals surface area contributed by atoms with Gasteiger partial charge in [-0.3, -0.25) is 4.99 Å². The molecule has 0 saturated carbocycles. The number of methoxy groups -OCH3 is 1. The lowest BCUT2D eigenvalue weighted by molar-refractivity contribution is 0.0536. The lowest BCUT2D eigenvalue weighted by Gasteiger charge is -2.21. The maximum atomic E-state index is 5.66. The molecule has 1 aliphatic rings. The number of imidazole rings is 1. The van der Waals surface area contributed by atoms with Gasteiger partial charge >= 0.3 is 0 Å². The molecule has 8 heteroatoms. The Morgan fingerprint density at radius 1 is 1.38 bits per heavy atom. The van der Waals surface area contributed by atoms with E-state index in [9.17, 15) is 0 Å². The third kappa shape index (κ3) is 7.79. The molecule has 150 valence electrons. The summed E-state index contributed by atoms with van der Waals surface area (Å²) in [6.45, 7) is 8.23. The molecule has 1 saturated heterocycles. The molecule has 1 fully saturated rings. The smallest absolute Gasteiger partial charge is 0.193 e. The van der Waals surface area contributed by atoms with E-state index in [1.54, 1.807) is 7.11 Å². The van der Waals surface area contributed by atoms with Crippen LogP contribution >= 0.6 is 24.0 Å². The molecule has 1 atom stereocenters. The van der Waals surface area contributed by atoms with Crippen LogP contribution in [0.3, 0.4) is 0 Å². The van der Waals surface area contributed by atoms with Crippen molar-refractivity contribution in [3.05, 3.63) is 18.2 Å². The molecule has 0 radical (unpaired) electrons. The molecule has 0 bridgehead atoms. The molecule has 2 rings (SSSR count). The summed E-state index contributed by atoms with van der Waals surface area (Å²) >= 11 is 0. The normalized spacial score (nSPS) is 17.4. The van der Waals surface area contributed by atoms with Gasteiger partial charge in [-0.05, 0) is 26.2 Å². The number of rotatable bonds is 10. The van der Waals surface area contributed by atoms with Crippen LogP contribution in [-0.2, 0) is 16.0 Å². The number of nitrogens with one attached hydrogen (secondary N) is 1. The highest BCUT2D eigenvalue weighted by atomic mass is 127. The number of likely N-dealkylation sites (tertiary alicyclic amines) is 1. The van der Waals surface area contributed by atoms with Gasteiger partial charge in [0.15, 0.2) is 5.96 Å². The average Bonchev–Trinajstić information content (AvgIpc) is 3.24. The van der Waals surface area contributed by atoms with E-state index in [-0.39, 0.29) is 24.0 Å². The highest BCUT2D eigenvalue weighted by Crippen LogP contribution is 2.16. The summed E-state index contributed by atoms with van der Waals surface area (Å²) in [5.41, 5.74) is 0. The van der Waals surface area contributed by atoms with Crippen molar-refractivity contribution in [1.29, 1.82) is 0 Å². The topological polar surface area (TPSA) is 63.9 Å². The van der Waals surface area contributed by atoms with Crippen LogP contribution in [0.2, 0.25) is 0 Å². The van der Waals surface area contributed by atoms with E-state index < -0.39 is 0 Å². The van der Waals surface area contributed by atoms with Crippen LogP contribution in [0.25, 0.3) is 0 Å². The van der Waals surface area contributed by atoms with Crippen molar-refractivity contribution in [2.75, 3.05) is 53.6 Å². The fourth-order valence-corrected chi connectivity index (χ4v) is 3.13. The first-order valence-electron chi connectivity index (χ1n) is 9.24. The average molecular weight is 479 g/mol. The Labute approximate surface area is 174 Å². The van der Waals surface area contributed by atoms with Gasteiger partial charge in [0.05, 0.1) is 19.8 Å². The Morgan fingerprint density at radius 2 is 2.23 bits per heavy atom. The zero-order valence-corrected chi connectivity index (χ0v) is 18.6. The van der Waals surface area contributed by atoms with Gasteiger partial charge in [-0.15, -0.1) is 24.0 Å². The first kappa shape index (κ1) is 23.2. The standard InChI is InChI=1S/C18H33N5O2.HI/c1-16-20-8-11-22(16)9-5-4-7-21-18(19-2)23-10-6-17(14-23)15-25-13-12-24-3;/h8,11,17H,4-7,9-10,12-15H2,1-3H3,(H,19,21);1H. The molecule has 2 heterocycles. The van der Waals surface area contributed by atoms with Crippen molar-refractivity contribution < 1.29 is 9.47 Å². The minimum absolute atomic E-state index is 0. The van der Waals surface area contributed by atoms with Crippen molar-refractivity contribution >= 4 is 29.9 Å². The molecule has 0 spiro atoms. The lowest BCUT2D eigenvalue weighted by Crippen LogP contribution is -2.40. The summed E-state index contributed by atoms with van der Waals surface area (Å²) < 4.78 is 12.9. The largest absolute Gasteiger partial charge is 0.382 e. The molecule has 0 amide bonds. The SMILES string of the molecule is CN=C(NCCCCn1ccnc1C)N1CCC(COCCOC)C1.I. The molecule has 26 heavy (non-hydrogen) atoms. The number of unbranched alkanes of at least 4 members (excludes halogenated alkanes) is 1. The van der Waals surface area contributed by atoms with Crippen LogP contribution < -0.4 is 5.32 Å². The van der Waals surface area contributed by atoms with Crippen molar-refractivity contribution in [3.63, 3.8) is 0 Å². The van der Waals surface area contributed by atoms with Crippen molar-refractivity contribution in [2.45, 2.75) is 32.7 Å². The van der Waals surface area contributed by atoms with Gasteiger partial charge in [0.25, 0.3) is 0 Å². The molecule has 1 N–H and O–H groups in total. The maximum absolute atomic E-state index is 5.66. The van der Waals surface area contributed by atoms with Gasteiger partial charge in [-0.2, -0.15) is 0 Å². The highest BCUT2D eigenvalue weighted by Gasteiger charge is 2.24. The van der Waals surface area contributed by atoms with E-state index in [0.29, 0.717) is 19.1 Å². The number of ether oxygens (including phenoxy) is 2. The van der Waals surface area contributed by atoms with Crippen molar-refractivity contribution in [3.8, 4) is 0 Å². The van der Waals surface area contributed by atoms with Crippen LogP contribution in [0, 0.1) is 12.8 Å². The maximum Gasteiger partial charge on any atom is 0.193 e. The molecule has 1 aromatic rings. The molecule has 1 aromatic heterocycles. The highest BCUT2D eigenvalue weighted by molar-refractivity contribution is 14.0. The summed E-state index contributed by atoms with van der Waals surface area (Å²) in [7, 11) is 3.56. The number of nitrogens with zero attached hydrogens (tertiary/aromatic N) is 4. The van der Waals surface area contributed by atoms with E-state index >= 15 is 0 Å². The zero-order valence-electron chi connectivity index (χ0n) is 16.3. The van der Waals surface area contributed by atoms with E-state index in [4.69, 9.17) is 9.47 Å². The molecule has 1 unspecified atom stereocenters. The van der Waals surface area contributed by atoms with Crippen molar-refractivity contribution in [2.24, 2.45) is 10.9 Å². The number of guanidine groups is 1. The number of hydrogen-bond donors (Lipinski definition) is 1. The fourth-order valence-electron chi connectivity index (χ4n) is 3.13. The second-order valence-electron chi connectivity index (χ2n) is 6.52. The third-order valence-electron chi connectivity index (χ3n) is 4.62. The number of halogens is 1. The second kappa shape index (κ2) is 13.3. The van der Waals surface area contributed by atoms with Gasteiger partial charge in [0.2, 0.25) is 0 Å². The van der Waals surface area contributed by atoms with Crippen LogP contribution in [-0.4, -0.2) is 74.0 Å². The molecule has 7 nitrogen and oxygen atoms in total. The lowest BCUT2D eigenvalue weighted by atomic mass is 10.1. The van der Waals surface area contributed by atoms with E-state index in [0.717, 1.165) is 63.8 Å². The third-order valence-corrected chi connectivity index (χ3v) is 4.62. The fraction of sp³-hybridized carbons (Fsp3) is 0.778. The van der Waals surface area contributed by atoms with E-state index in [2.05, 4.69) is 24.8 Å². The number of aliphatic imine (C=N–C) groups is 1. The van der Waals surface area contributed by atoms with Crippen LogP contribution in [0.4, 0.5) is 0 Å². The Morgan fingerprint density at radius 3 is 2.92 bits per heavy atom. The Hall–Kier alpha value is -0.870. The Kier molecular flexibility index (Phi) is 11.9. The van der Waals surface area contributed by atoms with E-state index in [1.165, 1.54) is 0 Å². The molecule has 0 aromatic carbocycles. The number of hydrogen-bond acceptors (Lipinski definition) is 4. The minimum atomic E-state index is 0. The minimum Gasteiger partial charge on any atom is -0.382 e. The first-order valence-corrected chi connectivity index (χ1v) is 9.24. The summed E-state index contributed by atoms with van der Waals surface area (Å²) in [6, 6.07) is 0. The van der Waals surface area contributed by atoms with E-state index in [1.807, 2.05) is 26.4 Å². The predicted molar refractivity (Wildman–Crippen MR) is 115 cm³/mol. The van der Waals surface area contributed by atoms with Crippen LogP contribution in [0.15, 0.2) is 17.4 Å². The Bertz CT molecular complexity index is 523. The number of aryl methyl sites for hydroxylation is 2. The summed E-state index contributed by atoms with van der Waals surface area (Å²) in [5, 5.41) is 3.49. The van der Waals surface area contributed by atoms with Crippen LogP contribution in [0.5, 0.6) is 0 Å². The van der Waals surface area contributed by atoms with Gasteiger partial charge in [0, 0.05) is 58.6 Å². The first-order chi connectivity index (χ1) is 12.2. The monoisotopic (exact) mass is 479 g/mol. The Balaban J connectivity index is 0.00000338. The van der Waals surface area contributed by atoms with Gasteiger partial charge < -0.3 is 24.3 Å².